The van der Waals surface area contributed by atoms with Crippen molar-refractivity contribution in [1.29, 1.82) is 0 Å². The first-order chi connectivity index (χ1) is 19.2. The van der Waals surface area contributed by atoms with E-state index in [1.54, 1.807) is 6.92 Å². The Labute approximate surface area is 252 Å². The van der Waals surface area contributed by atoms with Crippen LogP contribution in [0.4, 0.5) is 0 Å². The fourth-order valence-corrected chi connectivity index (χ4v) is 9.91. The van der Waals surface area contributed by atoms with Crippen LogP contribution in [0.3, 0.4) is 0 Å². The van der Waals surface area contributed by atoms with E-state index in [1.165, 1.54) is 56.9 Å². The first kappa shape index (κ1) is 32.7. The predicted molar refractivity (Wildman–Crippen MR) is 167 cm³/mol. The molecule has 234 valence electrons. The highest BCUT2D eigenvalue weighted by atomic mass is 16.6. The van der Waals surface area contributed by atoms with Crippen LogP contribution in [0.15, 0.2) is 11.6 Å². The van der Waals surface area contributed by atoms with Crippen LogP contribution in [-0.2, 0) is 19.1 Å². The van der Waals surface area contributed by atoms with Crippen molar-refractivity contribution < 1.29 is 19.1 Å². The number of rotatable bonds is 11. The number of carbonyl (C=O) groups is 2. The Kier molecular flexibility index (Phi) is 10.2. The van der Waals surface area contributed by atoms with Gasteiger partial charge in [-0.05, 0) is 125 Å². The molecule has 0 saturated heterocycles. The van der Waals surface area contributed by atoms with Crippen molar-refractivity contribution in [2.24, 2.45) is 46.3 Å². The van der Waals surface area contributed by atoms with Crippen molar-refractivity contribution in [3.8, 4) is 0 Å². The monoisotopic (exact) mass is 570 g/mol. The molecular weight excluding hydrogens is 508 g/mol. The summed E-state index contributed by atoms with van der Waals surface area (Å²) in [5.74, 6) is 4.03. The number of hydrogen-bond donors (Lipinski definition) is 0. The van der Waals surface area contributed by atoms with E-state index in [0.29, 0.717) is 41.8 Å². The standard InChI is InChI=1S/C37H62O4/c1-10-32(41-35(5,6)7)34(39)40-29-17-19-37(9)28(23-29)22-26(21-25(4)38)33-30-16-15-27(14-12-11-13-24(2)3)36(30,8)20-18-31(33)37/h22,24,26-27,29-33H,10-21,23H2,1-9H3/t26-,27?,29?,30?,31?,32?,33?,36+,37-/m0/s1. The fourth-order valence-electron chi connectivity index (χ4n) is 9.91. The maximum absolute atomic E-state index is 13.1. The normalized spacial score (nSPS) is 37.6. The van der Waals surface area contributed by atoms with Crippen LogP contribution in [0, 0.1) is 46.3 Å². The van der Waals surface area contributed by atoms with Crippen LogP contribution in [-0.4, -0.2) is 29.6 Å². The van der Waals surface area contributed by atoms with E-state index in [1.807, 2.05) is 27.7 Å². The van der Waals surface area contributed by atoms with Crippen molar-refractivity contribution >= 4 is 11.8 Å². The first-order valence-electron chi connectivity index (χ1n) is 17.3. The second-order valence-corrected chi connectivity index (χ2v) is 16.4. The molecule has 0 bridgehead atoms. The molecule has 0 aliphatic heterocycles. The minimum absolute atomic E-state index is 0.0930. The summed E-state index contributed by atoms with van der Waals surface area (Å²) in [5.41, 5.74) is 1.66. The van der Waals surface area contributed by atoms with Crippen LogP contribution in [0.5, 0.6) is 0 Å². The molecule has 9 atom stereocenters. The molecule has 4 aliphatic rings. The Morgan fingerprint density at radius 1 is 1.02 bits per heavy atom. The summed E-state index contributed by atoms with van der Waals surface area (Å²) in [6, 6.07) is 0. The molecule has 4 nitrogen and oxygen atoms in total. The summed E-state index contributed by atoms with van der Waals surface area (Å²) in [5, 5.41) is 0. The molecule has 0 aromatic rings. The first-order valence-corrected chi connectivity index (χ1v) is 17.3. The lowest BCUT2D eigenvalue weighted by Gasteiger charge is -2.60. The summed E-state index contributed by atoms with van der Waals surface area (Å²) in [6.45, 7) is 19.6. The number of fused-ring (bicyclic) bond motifs is 5. The largest absolute Gasteiger partial charge is 0.460 e. The van der Waals surface area contributed by atoms with Gasteiger partial charge in [-0.25, -0.2) is 4.79 Å². The van der Waals surface area contributed by atoms with Crippen LogP contribution in [0.25, 0.3) is 0 Å². The highest BCUT2D eigenvalue weighted by Crippen LogP contribution is 2.68. The molecule has 0 amide bonds. The third-order valence-electron chi connectivity index (χ3n) is 11.9. The molecule has 41 heavy (non-hydrogen) atoms. The topological polar surface area (TPSA) is 52.6 Å². The van der Waals surface area contributed by atoms with Gasteiger partial charge in [-0.1, -0.05) is 65.5 Å². The van der Waals surface area contributed by atoms with Gasteiger partial charge in [0.2, 0.25) is 0 Å². The summed E-state index contributed by atoms with van der Waals surface area (Å²) >= 11 is 0. The molecule has 0 spiro atoms. The van der Waals surface area contributed by atoms with Gasteiger partial charge >= 0.3 is 5.97 Å². The Hall–Kier alpha value is -1.16. The average Bonchev–Trinajstić information content (AvgIpc) is 3.21. The van der Waals surface area contributed by atoms with E-state index < -0.39 is 6.10 Å². The number of ketones is 1. The molecule has 3 saturated carbocycles. The van der Waals surface area contributed by atoms with Gasteiger partial charge in [-0.15, -0.1) is 0 Å². The van der Waals surface area contributed by atoms with E-state index >= 15 is 0 Å². The number of unbranched alkanes of at least 4 members (excludes halogenated alkanes) is 1. The van der Waals surface area contributed by atoms with Crippen molar-refractivity contribution in [3.05, 3.63) is 11.6 Å². The highest BCUT2D eigenvalue weighted by molar-refractivity contribution is 5.76. The van der Waals surface area contributed by atoms with Gasteiger partial charge in [0.25, 0.3) is 0 Å². The molecule has 4 aliphatic carbocycles. The Bertz CT molecular complexity index is 958. The molecule has 3 fully saturated rings. The van der Waals surface area contributed by atoms with Gasteiger partial charge in [-0.2, -0.15) is 0 Å². The summed E-state index contributed by atoms with van der Waals surface area (Å²) in [6.07, 6.45) is 16.8. The molecule has 4 heteroatoms. The average molecular weight is 571 g/mol. The number of hydrogen-bond acceptors (Lipinski definition) is 4. The molecule has 4 rings (SSSR count). The van der Waals surface area contributed by atoms with Crippen molar-refractivity contribution in [2.45, 2.75) is 164 Å². The maximum Gasteiger partial charge on any atom is 0.335 e. The van der Waals surface area contributed by atoms with Crippen LogP contribution < -0.4 is 0 Å². The fraction of sp³-hybridized carbons (Fsp3) is 0.892. The van der Waals surface area contributed by atoms with Crippen molar-refractivity contribution in [1.82, 2.24) is 0 Å². The van der Waals surface area contributed by atoms with Gasteiger partial charge in [0.1, 0.15) is 11.9 Å². The number of allylic oxidation sites excluding steroid dienone is 1. The lowest BCUT2D eigenvalue weighted by Crippen LogP contribution is -2.53. The van der Waals surface area contributed by atoms with E-state index in [4.69, 9.17) is 9.47 Å². The van der Waals surface area contributed by atoms with E-state index in [0.717, 1.165) is 37.0 Å². The molecule has 0 heterocycles. The molecule has 0 radical (unpaired) electrons. The van der Waals surface area contributed by atoms with Gasteiger partial charge in [0.15, 0.2) is 6.10 Å². The molecule has 6 unspecified atom stereocenters. The van der Waals surface area contributed by atoms with Gasteiger partial charge in [-0.3, -0.25) is 0 Å². The quantitative estimate of drug-likeness (QED) is 0.141. The van der Waals surface area contributed by atoms with Crippen LogP contribution >= 0.6 is 0 Å². The number of carbonyl (C=O) groups excluding carboxylic acids is 2. The SMILES string of the molecule is CCC(OC(C)(C)C)C(=O)OC1CC[C@@]2(C)C(=C[C@H](CC(C)=O)C3C4CCC(CCCCC(C)C)[C@@]4(C)CCC32)C1. The summed E-state index contributed by atoms with van der Waals surface area (Å²) in [4.78, 5) is 25.7. The highest BCUT2D eigenvalue weighted by Gasteiger charge is 2.60. The zero-order valence-corrected chi connectivity index (χ0v) is 28.0. The Morgan fingerprint density at radius 3 is 2.39 bits per heavy atom. The summed E-state index contributed by atoms with van der Waals surface area (Å²) < 4.78 is 12.1. The number of Topliss-reactive ketones (excluding diaryl/α,β-unsaturated/α-hetero) is 1. The second kappa shape index (κ2) is 12.8. The third kappa shape index (κ3) is 7.15. The van der Waals surface area contributed by atoms with E-state index in [9.17, 15) is 9.59 Å². The zero-order chi connectivity index (χ0) is 30.2. The van der Waals surface area contributed by atoms with Gasteiger partial charge in [0, 0.05) is 12.8 Å². The van der Waals surface area contributed by atoms with Crippen LogP contribution in [0.1, 0.15) is 146 Å². The molecular formula is C37H62O4. The smallest absolute Gasteiger partial charge is 0.335 e. The van der Waals surface area contributed by atoms with Crippen molar-refractivity contribution in [2.75, 3.05) is 0 Å². The number of esters is 1. The minimum Gasteiger partial charge on any atom is -0.460 e. The van der Waals surface area contributed by atoms with Crippen LogP contribution in [0.2, 0.25) is 0 Å². The molecule has 0 N–H and O–H groups in total. The van der Waals surface area contributed by atoms with E-state index in [-0.39, 0.29) is 23.1 Å². The lowest BCUT2D eigenvalue weighted by molar-refractivity contribution is -0.174. The van der Waals surface area contributed by atoms with Gasteiger partial charge in [0.05, 0.1) is 5.60 Å². The van der Waals surface area contributed by atoms with Crippen molar-refractivity contribution in [3.63, 3.8) is 0 Å². The van der Waals surface area contributed by atoms with E-state index in [2.05, 4.69) is 33.8 Å². The Morgan fingerprint density at radius 2 is 1.76 bits per heavy atom. The minimum atomic E-state index is -0.518. The molecule has 0 aromatic carbocycles. The second-order valence-electron chi connectivity index (χ2n) is 16.4. The zero-order valence-electron chi connectivity index (χ0n) is 28.0. The predicted octanol–water partition coefficient (Wildman–Crippen LogP) is 9.49. The van der Waals surface area contributed by atoms with Gasteiger partial charge < -0.3 is 14.3 Å². The maximum atomic E-state index is 13.1. The third-order valence-corrected chi connectivity index (χ3v) is 11.9. The number of ether oxygens (including phenoxy) is 2. The molecule has 0 aromatic heterocycles. The lowest BCUT2D eigenvalue weighted by atomic mass is 9.45. The summed E-state index contributed by atoms with van der Waals surface area (Å²) in [7, 11) is 0. The Balaban J connectivity index is 1.52.